The zero-order valence-electron chi connectivity index (χ0n) is 16.7. The first kappa shape index (κ1) is 18.7. The van der Waals surface area contributed by atoms with E-state index in [1.807, 2.05) is 42.5 Å². The minimum absolute atomic E-state index is 0.313. The summed E-state index contributed by atoms with van der Waals surface area (Å²) in [7, 11) is 5.10. The van der Waals surface area contributed by atoms with E-state index in [0.717, 1.165) is 39.2 Å². The molecule has 0 N–H and O–H groups in total. The summed E-state index contributed by atoms with van der Waals surface area (Å²) >= 11 is 0. The minimum Gasteiger partial charge on any atom is -0.497 e. The van der Waals surface area contributed by atoms with Crippen LogP contribution in [0, 0.1) is 0 Å². The number of esters is 1. The van der Waals surface area contributed by atoms with Crippen LogP contribution in [0.15, 0.2) is 66.7 Å². The highest BCUT2D eigenvalue weighted by Gasteiger charge is 2.18. The first-order valence-corrected chi connectivity index (χ1v) is 9.37. The fraction of sp³-hybridized carbons (Fsp3) is 0.167. The highest BCUT2D eigenvalue weighted by molar-refractivity contribution is 5.93. The van der Waals surface area contributed by atoms with E-state index in [1.165, 1.54) is 7.11 Å². The summed E-state index contributed by atoms with van der Waals surface area (Å²) in [4.78, 5) is 16.4. The molecule has 0 atom stereocenters. The lowest BCUT2D eigenvalue weighted by Crippen LogP contribution is -2.06. The van der Waals surface area contributed by atoms with Gasteiger partial charge in [0.2, 0.25) is 0 Å². The molecule has 5 heteroatoms. The Balaban J connectivity index is 1.90. The molecule has 2 aromatic heterocycles. The summed E-state index contributed by atoms with van der Waals surface area (Å²) in [6, 6.07) is 21.8. The summed E-state index contributed by atoms with van der Waals surface area (Å²) < 4.78 is 12.4. The molecular weight excluding hydrogens is 364 g/mol. The molecule has 0 radical (unpaired) electrons. The van der Waals surface area contributed by atoms with Crippen LogP contribution >= 0.6 is 0 Å². The quantitative estimate of drug-likeness (QED) is 0.470. The lowest BCUT2D eigenvalue weighted by atomic mass is 10.0. The van der Waals surface area contributed by atoms with Crippen LogP contribution < -0.4 is 4.74 Å². The van der Waals surface area contributed by atoms with Crippen molar-refractivity contribution in [2.75, 3.05) is 14.2 Å². The molecule has 4 aromatic rings. The Morgan fingerprint density at radius 2 is 1.79 bits per heavy atom. The maximum absolute atomic E-state index is 11.9. The number of carbonyl (C=O) groups is 1. The average Bonchev–Trinajstić information content (AvgIpc) is 3.04. The Kier molecular flexibility index (Phi) is 5.04. The normalized spacial score (nSPS) is 10.9. The number of pyridine rings is 1. The van der Waals surface area contributed by atoms with E-state index in [2.05, 4.69) is 34.8 Å². The van der Waals surface area contributed by atoms with Gasteiger partial charge in [-0.15, -0.1) is 0 Å². The van der Waals surface area contributed by atoms with Gasteiger partial charge in [0.25, 0.3) is 0 Å². The van der Waals surface area contributed by atoms with Crippen molar-refractivity contribution >= 4 is 16.9 Å². The molecular formula is C24H22N2O3. The number of hydrogen-bond donors (Lipinski definition) is 0. The predicted octanol–water partition coefficient (Wildman–Crippen LogP) is 4.63. The van der Waals surface area contributed by atoms with Gasteiger partial charge in [-0.1, -0.05) is 36.4 Å². The summed E-state index contributed by atoms with van der Waals surface area (Å²) in [6.07, 6.45) is 0.596. The minimum atomic E-state index is -0.433. The van der Waals surface area contributed by atoms with E-state index in [-0.39, 0.29) is 0 Å². The number of carbonyl (C=O) groups excluding carboxylic acids is 1. The molecule has 4 rings (SSSR count). The number of rotatable bonds is 5. The molecule has 0 bridgehead atoms. The second kappa shape index (κ2) is 7.80. The summed E-state index contributed by atoms with van der Waals surface area (Å²) in [6.45, 7) is 0. The molecule has 2 heterocycles. The van der Waals surface area contributed by atoms with E-state index in [0.29, 0.717) is 12.1 Å². The van der Waals surface area contributed by atoms with Crippen molar-refractivity contribution in [3.05, 3.63) is 83.7 Å². The Hall–Kier alpha value is -3.60. The largest absolute Gasteiger partial charge is 0.497 e. The van der Waals surface area contributed by atoms with Crippen molar-refractivity contribution in [1.29, 1.82) is 0 Å². The third-order valence-corrected chi connectivity index (χ3v) is 5.12. The van der Waals surface area contributed by atoms with E-state index in [9.17, 15) is 4.79 Å². The van der Waals surface area contributed by atoms with E-state index < -0.39 is 5.97 Å². The van der Waals surface area contributed by atoms with Crippen LogP contribution in [-0.4, -0.2) is 29.7 Å². The summed E-state index contributed by atoms with van der Waals surface area (Å²) in [5, 5.41) is 1.14. The number of nitrogens with zero attached hydrogens (tertiary/aromatic N) is 2. The molecule has 0 fully saturated rings. The van der Waals surface area contributed by atoms with Crippen LogP contribution in [-0.2, 0) is 18.2 Å². The van der Waals surface area contributed by atoms with Gasteiger partial charge in [0.1, 0.15) is 11.4 Å². The predicted molar refractivity (Wildman–Crippen MR) is 113 cm³/mol. The Bertz CT molecular complexity index is 1180. The van der Waals surface area contributed by atoms with Gasteiger partial charge in [-0.05, 0) is 35.4 Å². The van der Waals surface area contributed by atoms with Crippen molar-refractivity contribution in [1.82, 2.24) is 9.55 Å². The van der Waals surface area contributed by atoms with Crippen molar-refractivity contribution in [3.8, 4) is 17.0 Å². The van der Waals surface area contributed by atoms with Gasteiger partial charge in [0, 0.05) is 30.6 Å². The van der Waals surface area contributed by atoms with E-state index >= 15 is 0 Å². The SMILES string of the molecule is COC(=O)c1cccc(Cc2c(-c3ccccc3)n(C)c3cc(OC)ccc23)n1. The molecule has 2 aromatic carbocycles. The van der Waals surface area contributed by atoms with Gasteiger partial charge in [-0.3, -0.25) is 0 Å². The zero-order valence-corrected chi connectivity index (χ0v) is 16.7. The van der Waals surface area contributed by atoms with Crippen molar-refractivity contribution in [2.24, 2.45) is 7.05 Å². The van der Waals surface area contributed by atoms with E-state index in [4.69, 9.17) is 9.47 Å². The molecule has 29 heavy (non-hydrogen) atoms. The average molecular weight is 386 g/mol. The number of hydrogen-bond acceptors (Lipinski definition) is 4. The Morgan fingerprint density at radius 3 is 2.52 bits per heavy atom. The summed E-state index contributed by atoms with van der Waals surface area (Å²) in [5.41, 5.74) is 5.62. The van der Waals surface area contributed by atoms with Gasteiger partial charge in [0.15, 0.2) is 0 Å². The van der Waals surface area contributed by atoms with Crippen LogP contribution in [0.4, 0.5) is 0 Å². The van der Waals surface area contributed by atoms with Crippen LogP contribution in [0.5, 0.6) is 5.75 Å². The van der Waals surface area contributed by atoms with Crippen LogP contribution in [0.2, 0.25) is 0 Å². The third kappa shape index (κ3) is 3.47. The Morgan fingerprint density at radius 1 is 1.00 bits per heavy atom. The second-order valence-electron chi connectivity index (χ2n) is 6.82. The second-order valence-corrected chi connectivity index (χ2v) is 6.82. The maximum Gasteiger partial charge on any atom is 0.356 e. The number of aromatic nitrogens is 2. The monoisotopic (exact) mass is 386 g/mol. The number of fused-ring (bicyclic) bond motifs is 1. The first-order valence-electron chi connectivity index (χ1n) is 9.37. The fourth-order valence-corrected chi connectivity index (χ4v) is 3.74. The highest BCUT2D eigenvalue weighted by atomic mass is 16.5. The molecule has 0 amide bonds. The highest BCUT2D eigenvalue weighted by Crippen LogP contribution is 2.36. The topological polar surface area (TPSA) is 53.4 Å². The van der Waals surface area contributed by atoms with Gasteiger partial charge in [0.05, 0.1) is 25.4 Å². The van der Waals surface area contributed by atoms with Crippen LogP contribution in [0.25, 0.3) is 22.2 Å². The molecule has 5 nitrogen and oxygen atoms in total. The Labute approximate surface area is 169 Å². The number of benzene rings is 2. The molecule has 0 spiro atoms. The summed E-state index contributed by atoms with van der Waals surface area (Å²) in [5.74, 6) is 0.382. The number of ether oxygens (including phenoxy) is 2. The van der Waals surface area contributed by atoms with Crippen molar-refractivity contribution in [2.45, 2.75) is 6.42 Å². The molecule has 0 aliphatic rings. The number of aryl methyl sites for hydroxylation is 1. The molecule has 0 saturated carbocycles. The molecule has 0 aliphatic carbocycles. The third-order valence-electron chi connectivity index (χ3n) is 5.12. The molecule has 146 valence electrons. The lowest BCUT2D eigenvalue weighted by molar-refractivity contribution is 0.0593. The molecule has 0 saturated heterocycles. The van der Waals surface area contributed by atoms with Gasteiger partial charge >= 0.3 is 5.97 Å². The van der Waals surface area contributed by atoms with Gasteiger partial charge in [-0.2, -0.15) is 0 Å². The first-order chi connectivity index (χ1) is 14.1. The van der Waals surface area contributed by atoms with Crippen molar-refractivity contribution in [3.63, 3.8) is 0 Å². The smallest absolute Gasteiger partial charge is 0.356 e. The van der Waals surface area contributed by atoms with Crippen LogP contribution in [0.1, 0.15) is 21.7 Å². The maximum atomic E-state index is 11.9. The van der Waals surface area contributed by atoms with Crippen molar-refractivity contribution < 1.29 is 14.3 Å². The fourth-order valence-electron chi connectivity index (χ4n) is 3.74. The zero-order chi connectivity index (χ0) is 20.4. The van der Waals surface area contributed by atoms with Gasteiger partial charge < -0.3 is 14.0 Å². The van der Waals surface area contributed by atoms with Gasteiger partial charge in [-0.25, -0.2) is 9.78 Å². The number of methoxy groups -OCH3 is 2. The van der Waals surface area contributed by atoms with E-state index in [1.54, 1.807) is 13.2 Å². The molecule has 0 aliphatic heterocycles. The lowest BCUT2D eigenvalue weighted by Gasteiger charge is -2.09. The van der Waals surface area contributed by atoms with Crippen LogP contribution in [0.3, 0.4) is 0 Å². The standard InChI is InChI=1S/C24H22N2O3/c1-26-22-15-18(28-2)12-13-19(22)20(23(26)16-8-5-4-6-9-16)14-17-10-7-11-21(25-17)24(27)29-3/h4-13,15H,14H2,1-3H3. The molecule has 0 unspecified atom stereocenters.